The van der Waals surface area contributed by atoms with Crippen molar-refractivity contribution in [1.82, 2.24) is 15.1 Å². The Bertz CT molecular complexity index is 611. The molecule has 0 bridgehead atoms. The number of nitrogens with zero attached hydrogens (tertiary/aromatic N) is 2. The van der Waals surface area contributed by atoms with Gasteiger partial charge in [-0.3, -0.25) is 14.5 Å². The Morgan fingerprint density at radius 3 is 2.72 bits per heavy atom. The van der Waals surface area contributed by atoms with Crippen molar-refractivity contribution in [2.24, 2.45) is 0 Å². The van der Waals surface area contributed by atoms with E-state index in [0.717, 1.165) is 18.4 Å². The number of rotatable bonds is 5. The molecule has 0 radical (unpaired) electrons. The zero-order valence-corrected chi connectivity index (χ0v) is 15.0. The van der Waals surface area contributed by atoms with Crippen LogP contribution in [-0.4, -0.2) is 67.0 Å². The van der Waals surface area contributed by atoms with Gasteiger partial charge in [0.2, 0.25) is 5.91 Å². The first-order valence-electron chi connectivity index (χ1n) is 8.76. The van der Waals surface area contributed by atoms with Crippen LogP contribution in [0, 0.1) is 0 Å². The Morgan fingerprint density at radius 2 is 2.04 bits per heavy atom. The number of ether oxygens (including phenoxy) is 1. The molecule has 1 aromatic rings. The molecule has 0 aliphatic carbocycles. The second kappa shape index (κ2) is 8.65. The summed E-state index contributed by atoms with van der Waals surface area (Å²) in [5, 5.41) is 3.58. The minimum atomic E-state index is -0.257. The number of carbonyl (C=O) groups excluding carboxylic acids is 2. The highest BCUT2D eigenvalue weighted by atomic mass is 35.5. The van der Waals surface area contributed by atoms with Gasteiger partial charge in [0.25, 0.3) is 5.91 Å². The molecule has 1 aromatic carbocycles. The van der Waals surface area contributed by atoms with Crippen LogP contribution in [0.2, 0.25) is 5.02 Å². The zero-order valence-electron chi connectivity index (χ0n) is 14.2. The first kappa shape index (κ1) is 18.2. The van der Waals surface area contributed by atoms with Gasteiger partial charge in [-0.15, -0.1) is 0 Å². The van der Waals surface area contributed by atoms with Crippen LogP contribution in [0.15, 0.2) is 24.3 Å². The van der Waals surface area contributed by atoms with Gasteiger partial charge in [0.1, 0.15) is 6.10 Å². The van der Waals surface area contributed by atoms with Crippen LogP contribution < -0.4 is 5.32 Å². The average Bonchev–Trinajstić information content (AvgIpc) is 3.15. The van der Waals surface area contributed by atoms with Crippen LogP contribution in [0.25, 0.3) is 0 Å². The predicted molar refractivity (Wildman–Crippen MR) is 95.3 cm³/mol. The molecule has 25 heavy (non-hydrogen) atoms. The van der Waals surface area contributed by atoms with Gasteiger partial charge in [-0.05, 0) is 30.5 Å². The predicted octanol–water partition coefficient (Wildman–Crippen LogP) is 1.28. The lowest BCUT2D eigenvalue weighted by molar-refractivity contribution is -0.142. The SMILES string of the molecule is O=C(CN1CCN(C(=O)[C@@H]2CCCO2)CC1)NCc1cccc(Cl)c1. The number of halogens is 1. The van der Waals surface area contributed by atoms with Crippen molar-refractivity contribution < 1.29 is 14.3 Å². The van der Waals surface area contributed by atoms with E-state index in [1.165, 1.54) is 0 Å². The summed E-state index contributed by atoms with van der Waals surface area (Å²) in [6, 6.07) is 7.46. The molecular weight excluding hydrogens is 342 g/mol. The molecule has 2 aliphatic heterocycles. The van der Waals surface area contributed by atoms with Gasteiger partial charge in [0.15, 0.2) is 0 Å². The van der Waals surface area contributed by atoms with Gasteiger partial charge in [0.05, 0.1) is 6.54 Å². The minimum Gasteiger partial charge on any atom is -0.368 e. The lowest BCUT2D eigenvalue weighted by Gasteiger charge is -2.35. The van der Waals surface area contributed by atoms with Crippen molar-refractivity contribution >= 4 is 23.4 Å². The Hall–Kier alpha value is -1.63. The van der Waals surface area contributed by atoms with Crippen molar-refractivity contribution in [2.75, 3.05) is 39.3 Å². The molecule has 0 spiro atoms. The fourth-order valence-corrected chi connectivity index (χ4v) is 3.42. The summed E-state index contributed by atoms with van der Waals surface area (Å²) in [5.41, 5.74) is 0.979. The van der Waals surface area contributed by atoms with Crippen molar-refractivity contribution in [3.05, 3.63) is 34.9 Å². The summed E-state index contributed by atoms with van der Waals surface area (Å²) < 4.78 is 5.46. The number of piperazine rings is 1. The topological polar surface area (TPSA) is 61.9 Å². The Kier molecular flexibility index (Phi) is 6.29. The monoisotopic (exact) mass is 365 g/mol. The molecular formula is C18H24ClN3O3. The van der Waals surface area contributed by atoms with Gasteiger partial charge >= 0.3 is 0 Å². The summed E-state index contributed by atoms with van der Waals surface area (Å²) in [6.45, 7) is 4.23. The van der Waals surface area contributed by atoms with E-state index in [0.29, 0.717) is 50.9 Å². The Morgan fingerprint density at radius 1 is 1.24 bits per heavy atom. The van der Waals surface area contributed by atoms with Gasteiger partial charge in [-0.25, -0.2) is 0 Å². The smallest absolute Gasteiger partial charge is 0.251 e. The van der Waals surface area contributed by atoms with E-state index in [2.05, 4.69) is 10.2 Å². The van der Waals surface area contributed by atoms with E-state index in [4.69, 9.17) is 16.3 Å². The van der Waals surface area contributed by atoms with Crippen LogP contribution in [0.4, 0.5) is 0 Å². The molecule has 7 heteroatoms. The highest BCUT2D eigenvalue weighted by Crippen LogP contribution is 2.16. The molecule has 2 heterocycles. The summed E-state index contributed by atoms with van der Waals surface area (Å²) in [4.78, 5) is 28.3. The van der Waals surface area contributed by atoms with Crippen molar-refractivity contribution in [2.45, 2.75) is 25.5 Å². The van der Waals surface area contributed by atoms with Crippen LogP contribution >= 0.6 is 11.6 Å². The molecule has 0 unspecified atom stereocenters. The van der Waals surface area contributed by atoms with Crippen LogP contribution in [0.1, 0.15) is 18.4 Å². The maximum absolute atomic E-state index is 12.3. The largest absolute Gasteiger partial charge is 0.368 e. The molecule has 0 saturated carbocycles. The number of amides is 2. The van der Waals surface area contributed by atoms with E-state index in [9.17, 15) is 9.59 Å². The lowest BCUT2D eigenvalue weighted by Crippen LogP contribution is -2.53. The van der Waals surface area contributed by atoms with Crippen molar-refractivity contribution in [3.63, 3.8) is 0 Å². The number of carbonyl (C=O) groups is 2. The molecule has 3 rings (SSSR count). The Labute approximate surface area is 153 Å². The number of benzene rings is 1. The van der Waals surface area contributed by atoms with Crippen LogP contribution in [0.5, 0.6) is 0 Å². The van der Waals surface area contributed by atoms with Gasteiger partial charge in [0, 0.05) is 44.4 Å². The highest BCUT2D eigenvalue weighted by molar-refractivity contribution is 6.30. The Balaban J connectivity index is 1.38. The van der Waals surface area contributed by atoms with E-state index in [1.807, 2.05) is 29.2 Å². The molecule has 1 atom stereocenters. The summed E-state index contributed by atoms with van der Waals surface area (Å²) >= 11 is 5.94. The maximum Gasteiger partial charge on any atom is 0.251 e. The molecule has 6 nitrogen and oxygen atoms in total. The fourth-order valence-electron chi connectivity index (χ4n) is 3.21. The maximum atomic E-state index is 12.3. The summed E-state index contributed by atoms with van der Waals surface area (Å²) in [5.74, 6) is 0.0847. The first-order valence-corrected chi connectivity index (χ1v) is 9.13. The first-order chi connectivity index (χ1) is 12.1. The van der Waals surface area contributed by atoms with Crippen LogP contribution in [-0.2, 0) is 20.9 Å². The quantitative estimate of drug-likeness (QED) is 0.853. The third kappa shape index (κ3) is 5.17. The molecule has 0 aromatic heterocycles. The second-order valence-electron chi connectivity index (χ2n) is 6.51. The van der Waals surface area contributed by atoms with E-state index in [1.54, 1.807) is 0 Å². The lowest BCUT2D eigenvalue weighted by atomic mass is 10.2. The molecule has 2 aliphatic rings. The average molecular weight is 366 g/mol. The van der Waals surface area contributed by atoms with Crippen LogP contribution in [0.3, 0.4) is 0 Å². The van der Waals surface area contributed by atoms with Gasteiger partial charge in [-0.1, -0.05) is 23.7 Å². The molecule has 2 fully saturated rings. The number of hydrogen-bond acceptors (Lipinski definition) is 4. The standard InChI is InChI=1S/C18H24ClN3O3/c19-15-4-1-3-14(11-15)12-20-17(23)13-21-6-8-22(9-7-21)18(24)16-5-2-10-25-16/h1,3-4,11,16H,2,5-10,12-13H2,(H,20,23)/t16-/m0/s1. The highest BCUT2D eigenvalue weighted by Gasteiger charge is 2.30. The van der Waals surface area contributed by atoms with Gasteiger partial charge < -0.3 is 15.0 Å². The number of hydrogen-bond donors (Lipinski definition) is 1. The summed E-state index contributed by atoms with van der Waals surface area (Å²) in [6.07, 6.45) is 1.53. The minimum absolute atomic E-state index is 0.0149. The van der Waals surface area contributed by atoms with E-state index in [-0.39, 0.29) is 17.9 Å². The summed E-state index contributed by atoms with van der Waals surface area (Å²) in [7, 11) is 0. The van der Waals surface area contributed by atoms with Crippen molar-refractivity contribution in [1.29, 1.82) is 0 Å². The van der Waals surface area contributed by atoms with Gasteiger partial charge in [-0.2, -0.15) is 0 Å². The number of nitrogens with one attached hydrogen (secondary N) is 1. The fraction of sp³-hybridized carbons (Fsp3) is 0.556. The molecule has 2 saturated heterocycles. The second-order valence-corrected chi connectivity index (χ2v) is 6.95. The third-order valence-electron chi connectivity index (χ3n) is 4.64. The van der Waals surface area contributed by atoms with E-state index >= 15 is 0 Å². The van der Waals surface area contributed by atoms with Crippen molar-refractivity contribution in [3.8, 4) is 0 Å². The molecule has 136 valence electrons. The molecule has 2 amide bonds. The third-order valence-corrected chi connectivity index (χ3v) is 4.87. The molecule has 1 N–H and O–H groups in total. The normalized spacial score (nSPS) is 21.3. The zero-order chi connectivity index (χ0) is 17.6. The van der Waals surface area contributed by atoms with E-state index < -0.39 is 0 Å².